The molecule has 28 heavy (non-hydrogen) atoms. The zero-order valence-electron chi connectivity index (χ0n) is 18.3. The highest BCUT2D eigenvalue weighted by molar-refractivity contribution is 5.71. The minimum Gasteiger partial charge on any atom is -0.0805 e. The standard InChI is InChI=1S/C28H40/c1-3-4-22-7-11-24(12-8-22)26-15-19-28(20-16-26)27-17-13-25(14-18-27)23-9-5-21(2)6-10-23/h9,13-14,17-19,21-22,24,26H,3-8,10-12,15-16,20H2,1-2H3/t21?,22-,24-,26?. The summed E-state index contributed by atoms with van der Waals surface area (Å²) in [7, 11) is 0. The average Bonchev–Trinajstić information content (AvgIpc) is 2.75. The lowest BCUT2D eigenvalue weighted by molar-refractivity contribution is 0.189. The van der Waals surface area contributed by atoms with Gasteiger partial charge in [-0.25, -0.2) is 0 Å². The molecule has 0 N–H and O–H groups in total. The first kappa shape index (κ1) is 20.0. The van der Waals surface area contributed by atoms with Crippen LogP contribution in [0.1, 0.15) is 102 Å². The highest BCUT2D eigenvalue weighted by Crippen LogP contribution is 2.42. The van der Waals surface area contributed by atoms with E-state index >= 15 is 0 Å². The van der Waals surface area contributed by atoms with Crippen molar-refractivity contribution in [3.63, 3.8) is 0 Å². The Morgan fingerprint density at radius 2 is 1.32 bits per heavy atom. The molecule has 1 saturated carbocycles. The van der Waals surface area contributed by atoms with E-state index in [-0.39, 0.29) is 0 Å². The summed E-state index contributed by atoms with van der Waals surface area (Å²) in [5.41, 5.74) is 6.10. The molecule has 0 amide bonds. The largest absolute Gasteiger partial charge is 0.0805 e. The molecule has 0 aromatic heterocycles. The van der Waals surface area contributed by atoms with E-state index in [1.54, 1.807) is 11.1 Å². The summed E-state index contributed by atoms with van der Waals surface area (Å²) in [4.78, 5) is 0. The Morgan fingerprint density at radius 1 is 0.714 bits per heavy atom. The van der Waals surface area contributed by atoms with E-state index in [1.165, 1.54) is 88.2 Å². The summed E-state index contributed by atoms with van der Waals surface area (Å²) in [6.45, 7) is 4.72. The smallest absolute Gasteiger partial charge is 0.0227 e. The molecule has 0 radical (unpaired) electrons. The van der Waals surface area contributed by atoms with E-state index in [0.717, 1.165) is 23.7 Å². The minimum atomic E-state index is 0.866. The zero-order valence-corrected chi connectivity index (χ0v) is 18.3. The van der Waals surface area contributed by atoms with Crippen molar-refractivity contribution in [2.45, 2.75) is 90.9 Å². The summed E-state index contributed by atoms with van der Waals surface area (Å²) in [6, 6.07) is 9.52. The lowest BCUT2D eigenvalue weighted by atomic mass is 9.70. The lowest BCUT2D eigenvalue weighted by Gasteiger charge is -2.35. The predicted octanol–water partition coefficient (Wildman–Crippen LogP) is 8.68. The number of benzene rings is 1. The van der Waals surface area contributed by atoms with E-state index in [1.807, 2.05) is 0 Å². The third-order valence-corrected chi connectivity index (χ3v) is 8.01. The Balaban J connectivity index is 1.33. The number of hydrogen-bond acceptors (Lipinski definition) is 0. The summed E-state index contributed by atoms with van der Waals surface area (Å²) in [5.74, 6) is 3.87. The Bertz CT molecular complexity index is 681. The summed E-state index contributed by atoms with van der Waals surface area (Å²) in [5, 5.41) is 0. The van der Waals surface area contributed by atoms with Crippen LogP contribution in [0.2, 0.25) is 0 Å². The molecule has 0 spiro atoms. The van der Waals surface area contributed by atoms with Crippen molar-refractivity contribution < 1.29 is 0 Å². The molecule has 1 aromatic carbocycles. The molecular formula is C28H40. The fraction of sp³-hybridized carbons (Fsp3) is 0.643. The third-order valence-electron chi connectivity index (χ3n) is 8.01. The molecule has 1 fully saturated rings. The van der Waals surface area contributed by atoms with Crippen molar-refractivity contribution in [3.8, 4) is 0 Å². The fourth-order valence-corrected chi connectivity index (χ4v) is 6.03. The van der Waals surface area contributed by atoms with Crippen molar-refractivity contribution in [3.05, 3.63) is 47.5 Å². The first-order valence-electron chi connectivity index (χ1n) is 12.2. The summed E-state index contributed by atoms with van der Waals surface area (Å²) >= 11 is 0. The molecule has 4 rings (SSSR count). The highest BCUT2D eigenvalue weighted by Gasteiger charge is 2.28. The molecule has 0 aliphatic heterocycles. The molecule has 2 atom stereocenters. The van der Waals surface area contributed by atoms with Crippen LogP contribution >= 0.6 is 0 Å². The Labute approximate surface area is 173 Å². The van der Waals surface area contributed by atoms with E-state index in [0.29, 0.717) is 0 Å². The van der Waals surface area contributed by atoms with Gasteiger partial charge in [0.1, 0.15) is 0 Å². The van der Waals surface area contributed by atoms with Gasteiger partial charge >= 0.3 is 0 Å². The van der Waals surface area contributed by atoms with Gasteiger partial charge in [0.25, 0.3) is 0 Å². The van der Waals surface area contributed by atoms with Crippen LogP contribution in [-0.2, 0) is 0 Å². The van der Waals surface area contributed by atoms with E-state index < -0.39 is 0 Å². The number of allylic oxidation sites excluding steroid dienone is 4. The van der Waals surface area contributed by atoms with Gasteiger partial charge in [0.2, 0.25) is 0 Å². The summed E-state index contributed by atoms with van der Waals surface area (Å²) in [6.07, 6.45) is 21.8. The van der Waals surface area contributed by atoms with E-state index in [9.17, 15) is 0 Å². The molecule has 3 aliphatic rings. The van der Waals surface area contributed by atoms with Gasteiger partial charge in [-0.15, -0.1) is 0 Å². The second-order valence-corrected chi connectivity index (χ2v) is 10.0. The molecule has 0 heteroatoms. The van der Waals surface area contributed by atoms with Crippen LogP contribution in [0.4, 0.5) is 0 Å². The SMILES string of the molecule is CCC[C@H]1CC[C@H](C2CC=C(c3ccc(C4=CCC(C)CC4)cc3)CC2)CC1. The molecule has 3 aliphatic carbocycles. The molecule has 0 nitrogen and oxygen atoms in total. The summed E-state index contributed by atoms with van der Waals surface area (Å²) < 4.78 is 0. The van der Waals surface area contributed by atoms with Crippen LogP contribution in [-0.4, -0.2) is 0 Å². The van der Waals surface area contributed by atoms with Gasteiger partial charge < -0.3 is 0 Å². The molecular weight excluding hydrogens is 336 g/mol. The first-order valence-corrected chi connectivity index (χ1v) is 12.2. The third kappa shape index (κ3) is 4.81. The van der Waals surface area contributed by atoms with Crippen molar-refractivity contribution in [2.75, 3.05) is 0 Å². The monoisotopic (exact) mass is 376 g/mol. The first-order chi connectivity index (χ1) is 13.7. The highest BCUT2D eigenvalue weighted by atomic mass is 14.3. The number of rotatable bonds is 5. The minimum absolute atomic E-state index is 0.866. The van der Waals surface area contributed by atoms with Crippen LogP contribution < -0.4 is 0 Å². The second-order valence-electron chi connectivity index (χ2n) is 10.0. The van der Waals surface area contributed by atoms with E-state index in [4.69, 9.17) is 0 Å². The maximum atomic E-state index is 2.59. The molecule has 2 unspecified atom stereocenters. The Hall–Kier alpha value is -1.30. The molecule has 0 heterocycles. The van der Waals surface area contributed by atoms with Crippen LogP contribution in [0.25, 0.3) is 11.1 Å². The van der Waals surface area contributed by atoms with Crippen molar-refractivity contribution in [1.29, 1.82) is 0 Å². The Kier molecular flexibility index (Phi) is 6.76. The van der Waals surface area contributed by atoms with Gasteiger partial charge in [-0.3, -0.25) is 0 Å². The molecule has 0 saturated heterocycles. The van der Waals surface area contributed by atoms with Crippen LogP contribution in [0, 0.1) is 23.7 Å². The van der Waals surface area contributed by atoms with Gasteiger partial charge in [0, 0.05) is 0 Å². The topological polar surface area (TPSA) is 0 Å². The molecule has 0 bridgehead atoms. The lowest BCUT2D eigenvalue weighted by Crippen LogP contribution is -2.23. The van der Waals surface area contributed by atoms with Gasteiger partial charge in [-0.05, 0) is 97.3 Å². The van der Waals surface area contributed by atoms with Crippen LogP contribution in [0.15, 0.2) is 36.4 Å². The Morgan fingerprint density at radius 3 is 1.82 bits per heavy atom. The quantitative estimate of drug-likeness (QED) is 0.482. The van der Waals surface area contributed by atoms with Crippen LogP contribution in [0.3, 0.4) is 0 Å². The van der Waals surface area contributed by atoms with Crippen molar-refractivity contribution in [2.24, 2.45) is 23.7 Å². The maximum absolute atomic E-state index is 2.59. The zero-order chi connectivity index (χ0) is 19.3. The van der Waals surface area contributed by atoms with Crippen LogP contribution in [0.5, 0.6) is 0 Å². The van der Waals surface area contributed by atoms with Gasteiger partial charge in [-0.1, -0.05) is 75.9 Å². The van der Waals surface area contributed by atoms with E-state index in [2.05, 4.69) is 50.3 Å². The fourth-order valence-electron chi connectivity index (χ4n) is 6.03. The average molecular weight is 377 g/mol. The second kappa shape index (κ2) is 9.47. The molecule has 152 valence electrons. The normalized spacial score (nSPS) is 31.2. The van der Waals surface area contributed by atoms with Gasteiger partial charge in [-0.2, -0.15) is 0 Å². The van der Waals surface area contributed by atoms with Gasteiger partial charge in [0.05, 0.1) is 0 Å². The predicted molar refractivity (Wildman–Crippen MR) is 123 cm³/mol. The number of hydrogen-bond donors (Lipinski definition) is 0. The maximum Gasteiger partial charge on any atom is -0.0227 e. The molecule has 1 aromatic rings. The van der Waals surface area contributed by atoms with Crippen molar-refractivity contribution in [1.82, 2.24) is 0 Å². The van der Waals surface area contributed by atoms with Gasteiger partial charge in [0.15, 0.2) is 0 Å². The van der Waals surface area contributed by atoms with Crippen molar-refractivity contribution >= 4 is 11.1 Å².